The van der Waals surface area contributed by atoms with Gasteiger partial charge in [-0.05, 0) is 56.1 Å². The molecule has 0 saturated carbocycles. The lowest BCUT2D eigenvalue weighted by Gasteiger charge is -2.25. The Morgan fingerprint density at radius 2 is 1.93 bits per heavy atom. The number of benzene rings is 2. The second-order valence-electron chi connectivity index (χ2n) is 7.27. The van der Waals surface area contributed by atoms with Gasteiger partial charge in [0.25, 0.3) is 0 Å². The van der Waals surface area contributed by atoms with Crippen molar-refractivity contribution in [2.24, 2.45) is 4.99 Å². The van der Waals surface area contributed by atoms with Crippen molar-refractivity contribution in [2.75, 3.05) is 13.6 Å². The lowest BCUT2D eigenvalue weighted by molar-refractivity contribution is 0.253. The number of allylic oxidation sites excluding steroid dienone is 2. The maximum atomic E-state index is 4.35. The number of nitrogens with one attached hydrogen (secondary N) is 1. The molecule has 2 aromatic rings. The Bertz CT molecular complexity index is 862. The zero-order valence-corrected chi connectivity index (χ0v) is 16.7. The first-order valence-electron chi connectivity index (χ1n) is 9.53. The third-order valence-corrected chi connectivity index (χ3v) is 5.12. The highest BCUT2D eigenvalue weighted by Crippen LogP contribution is 2.22. The van der Waals surface area contributed by atoms with Gasteiger partial charge in [0.1, 0.15) is 0 Å². The van der Waals surface area contributed by atoms with E-state index in [0.29, 0.717) is 6.04 Å². The molecule has 27 heavy (non-hydrogen) atoms. The van der Waals surface area contributed by atoms with Gasteiger partial charge in [-0.2, -0.15) is 0 Å². The molecular formula is C24H29N3. The van der Waals surface area contributed by atoms with Gasteiger partial charge in [0.2, 0.25) is 0 Å². The zero-order chi connectivity index (χ0) is 19.2. The van der Waals surface area contributed by atoms with Crippen molar-refractivity contribution in [3.63, 3.8) is 0 Å². The minimum Gasteiger partial charge on any atom is -0.346 e. The molecule has 1 heterocycles. The normalized spacial score (nSPS) is 16.8. The second-order valence-corrected chi connectivity index (χ2v) is 7.27. The van der Waals surface area contributed by atoms with E-state index in [9.17, 15) is 0 Å². The summed E-state index contributed by atoms with van der Waals surface area (Å²) in [5.41, 5.74) is 6.38. The van der Waals surface area contributed by atoms with Crippen LogP contribution < -0.4 is 5.32 Å². The van der Waals surface area contributed by atoms with Gasteiger partial charge in [0.15, 0.2) is 0 Å². The highest BCUT2D eigenvalue weighted by atomic mass is 15.1. The van der Waals surface area contributed by atoms with Crippen LogP contribution in [0.5, 0.6) is 0 Å². The number of aryl methyl sites for hydroxylation is 1. The molecule has 140 valence electrons. The van der Waals surface area contributed by atoms with Crippen molar-refractivity contribution < 1.29 is 0 Å². The fourth-order valence-corrected chi connectivity index (χ4v) is 3.26. The summed E-state index contributed by atoms with van der Waals surface area (Å²) in [6.07, 6.45) is 6.40. The number of hydrogen-bond donors (Lipinski definition) is 1. The number of amidine groups is 1. The largest absolute Gasteiger partial charge is 0.346 e. The van der Waals surface area contributed by atoms with E-state index in [2.05, 4.69) is 103 Å². The van der Waals surface area contributed by atoms with Gasteiger partial charge < -0.3 is 5.32 Å². The number of hydrogen-bond acceptors (Lipinski definition) is 3. The quantitative estimate of drug-likeness (QED) is 0.776. The summed E-state index contributed by atoms with van der Waals surface area (Å²) in [4.78, 5) is 6.73. The Balaban J connectivity index is 1.68. The van der Waals surface area contributed by atoms with Gasteiger partial charge in [0.05, 0.1) is 12.4 Å². The molecule has 2 aromatic carbocycles. The van der Waals surface area contributed by atoms with Crippen LogP contribution in [0.25, 0.3) is 6.08 Å². The summed E-state index contributed by atoms with van der Waals surface area (Å²) < 4.78 is 0. The van der Waals surface area contributed by atoms with E-state index in [1.54, 1.807) is 0 Å². The number of nitrogens with zero attached hydrogens (tertiary/aromatic N) is 2. The smallest absolute Gasteiger partial charge is 0.0978 e. The van der Waals surface area contributed by atoms with Crippen LogP contribution in [0.4, 0.5) is 0 Å². The van der Waals surface area contributed by atoms with E-state index in [1.165, 1.54) is 22.3 Å². The monoisotopic (exact) mass is 359 g/mol. The third kappa shape index (κ3) is 5.18. The molecule has 1 aliphatic heterocycles. The van der Waals surface area contributed by atoms with Crippen LogP contribution in [0.2, 0.25) is 0 Å². The van der Waals surface area contributed by atoms with Gasteiger partial charge in [-0.15, -0.1) is 0 Å². The fraction of sp³-hybridized carbons (Fsp3) is 0.292. The SMILES string of the molecule is CC1=NC/C(=C/C=C/c2cc(CN(C)[C@@H](C)c3ccccc3)ccc2C)N1. The van der Waals surface area contributed by atoms with E-state index in [-0.39, 0.29) is 0 Å². The molecule has 1 aliphatic rings. The van der Waals surface area contributed by atoms with Gasteiger partial charge in [-0.1, -0.05) is 60.7 Å². The minimum atomic E-state index is 0.382. The van der Waals surface area contributed by atoms with Crippen LogP contribution in [0.15, 0.2) is 71.4 Å². The Morgan fingerprint density at radius 3 is 2.63 bits per heavy atom. The molecule has 0 aliphatic carbocycles. The van der Waals surface area contributed by atoms with Crippen LogP contribution in [0.3, 0.4) is 0 Å². The van der Waals surface area contributed by atoms with E-state index in [0.717, 1.165) is 24.6 Å². The van der Waals surface area contributed by atoms with Crippen molar-refractivity contribution in [3.05, 3.63) is 88.6 Å². The van der Waals surface area contributed by atoms with Crippen molar-refractivity contribution in [1.82, 2.24) is 10.2 Å². The zero-order valence-electron chi connectivity index (χ0n) is 16.7. The van der Waals surface area contributed by atoms with Crippen LogP contribution in [0.1, 0.15) is 42.1 Å². The van der Waals surface area contributed by atoms with E-state index < -0.39 is 0 Å². The van der Waals surface area contributed by atoms with Crippen LogP contribution in [0, 0.1) is 6.92 Å². The topological polar surface area (TPSA) is 27.6 Å². The summed E-state index contributed by atoms with van der Waals surface area (Å²) >= 11 is 0. The summed E-state index contributed by atoms with van der Waals surface area (Å²) in [6, 6.07) is 17.8. The predicted molar refractivity (Wildman–Crippen MR) is 116 cm³/mol. The summed E-state index contributed by atoms with van der Waals surface area (Å²) in [5.74, 6) is 0.989. The second kappa shape index (κ2) is 8.83. The van der Waals surface area contributed by atoms with Crippen molar-refractivity contribution >= 4 is 11.9 Å². The highest BCUT2D eigenvalue weighted by molar-refractivity contribution is 5.83. The van der Waals surface area contributed by atoms with E-state index in [1.807, 2.05) is 6.92 Å². The van der Waals surface area contributed by atoms with Crippen molar-refractivity contribution in [1.29, 1.82) is 0 Å². The fourth-order valence-electron chi connectivity index (χ4n) is 3.26. The minimum absolute atomic E-state index is 0.382. The van der Waals surface area contributed by atoms with E-state index >= 15 is 0 Å². The van der Waals surface area contributed by atoms with Gasteiger partial charge in [-0.3, -0.25) is 9.89 Å². The summed E-state index contributed by atoms with van der Waals surface area (Å²) in [7, 11) is 2.19. The molecular weight excluding hydrogens is 330 g/mol. The molecule has 0 aromatic heterocycles. The molecule has 0 bridgehead atoms. The van der Waals surface area contributed by atoms with Crippen molar-refractivity contribution in [2.45, 2.75) is 33.4 Å². The summed E-state index contributed by atoms with van der Waals surface area (Å²) in [6.45, 7) is 8.08. The summed E-state index contributed by atoms with van der Waals surface area (Å²) in [5, 5.41) is 3.27. The van der Waals surface area contributed by atoms with Gasteiger partial charge >= 0.3 is 0 Å². The maximum absolute atomic E-state index is 4.35. The molecule has 3 nitrogen and oxygen atoms in total. The molecule has 0 radical (unpaired) electrons. The first-order chi connectivity index (χ1) is 13.0. The van der Waals surface area contributed by atoms with Gasteiger partial charge in [-0.25, -0.2) is 0 Å². The predicted octanol–water partition coefficient (Wildman–Crippen LogP) is 5.11. The molecule has 0 spiro atoms. The Hall–Kier alpha value is -2.65. The first kappa shape index (κ1) is 19.1. The standard InChI is InChI=1S/C24H29N3/c1-18-13-14-21(17-27(4)19(2)22-9-6-5-7-10-22)15-23(18)11-8-12-24-16-25-20(3)26-24/h5-15,19H,16-17H2,1-4H3,(H,25,26)/b11-8+,24-12-/t19-/m0/s1. The van der Waals surface area contributed by atoms with E-state index in [4.69, 9.17) is 0 Å². The van der Waals surface area contributed by atoms with Crippen molar-refractivity contribution in [3.8, 4) is 0 Å². The third-order valence-electron chi connectivity index (χ3n) is 5.12. The van der Waals surface area contributed by atoms with Crippen LogP contribution in [-0.4, -0.2) is 24.3 Å². The molecule has 0 saturated heterocycles. The molecule has 3 rings (SSSR count). The lowest BCUT2D eigenvalue weighted by Crippen LogP contribution is -2.21. The molecule has 3 heteroatoms. The molecule has 0 unspecified atom stereocenters. The van der Waals surface area contributed by atoms with Gasteiger partial charge in [0, 0.05) is 18.3 Å². The average molecular weight is 360 g/mol. The highest BCUT2D eigenvalue weighted by Gasteiger charge is 2.12. The maximum Gasteiger partial charge on any atom is 0.0978 e. The van der Waals surface area contributed by atoms with Crippen LogP contribution in [-0.2, 0) is 6.54 Å². The Labute approximate surface area is 163 Å². The number of rotatable bonds is 6. The first-order valence-corrected chi connectivity index (χ1v) is 9.53. The van der Waals surface area contributed by atoms with Crippen LogP contribution >= 0.6 is 0 Å². The molecule has 1 atom stereocenters. The molecule has 1 N–H and O–H groups in total. The number of aliphatic imine (C=N–C) groups is 1. The average Bonchev–Trinajstić information content (AvgIpc) is 3.09. The lowest BCUT2D eigenvalue weighted by atomic mass is 10.0. The molecule has 0 amide bonds. The molecule has 0 fully saturated rings. The Morgan fingerprint density at radius 1 is 1.15 bits per heavy atom. The Kier molecular flexibility index (Phi) is 6.25.